The number of rotatable bonds is 8. The van der Waals surface area contributed by atoms with Crippen LogP contribution in [-0.2, 0) is 22.6 Å². The lowest BCUT2D eigenvalue weighted by Crippen LogP contribution is -2.49. The Labute approximate surface area is 174 Å². The molecule has 0 aromatic heterocycles. The van der Waals surface area contributed by atoms with Gasteiger partial charge in [-0.05, 0) is 17.0 Å². The van der Waals surface area contributed by atoms with Crippen molar-refractivity contribution in [3.8, 4) is 0 Å². The van der Waals surface area contributed by atoms with Crippen molar-refractivity contribution in [1.29, 1.82) is 0 Å². The molecule has 0 spiro atoms. The van der Waals surface area contributed by atoms with Crippen LogP contribution in [0.4, 0.5) is 4.79 Å². The predicted octanol–water partition coefficient (Wildman–Crippen LogP) is 1.67. The summed E-state index contributed by atoms with van der Waals surface area (Å²) in [6.07, 6.45) is 0.0603. The van der Waals surface area contributed by atoms with E-state index < -0.39 is 0 Å². The zero-order valence-electron chi connectivity index (χ0n) is 17.9. The largest absolute Gasteiger partial charge is 0.379 e. The molecule has 2 heterocycles. The van der Waals surface area contributed by atoms with Crippen LogP contribution in [0.25, 0.3) is 0 Å². The molecule has 1 aromatic rings. The van der Waals surface area contributed by atoms with E-state index in [2.05, 4.69) is 58.5 Å². The molecule has 29 heavy (non-hydrogen) atoms. The van der Waals surface area contributed by atoms with E-state index in [0.717, 1.165) is 64.7 Å². The van der Waals surface area contributed by atoms with Gasteiger partial charge in [0.1, 0.15) is 0 Å². The molecule has 3 rings (SSSR count). The summed E-state index contributed by atoms with van der Waals surface area (Å²) in [7, 11) is 0. The number of carbonyl (C=O) groups excluding carboxylic acids is 1. The van der Waals surface area contributed by atoms with Gasteiger partial charge in [0.05, 0.1) is 25.9 Å². The van der Waals surface area contributed by atoms with Crippen molar-refractivity contribution in [2.24, 2.45) is 5.92 Å². The van der Waals surface area contributed by atoms with Crippen molar-refractivity contribution in [1.82, 2.24) is 20.4 Å². The number of carbonyl (C=O) groups is 1. The molecule has 2 fully saturated rings. The second-order valence-electron chi connectivity index (χ2n) is 8.42. The van der Waals surface area contributed by atoms with Crippen molar-refractivity contribution in [2.45, 2.75) is 33.0 Å². The highest BCUT2D eigenvalue weighted by Crippen LogP contribution is 2.10. The molecule has 0 bridgehead atoms. The molecule has 2 N–H and O–H groups in total. The number of nitrogens with zero attached hydrogens (tertiary/aromatic N) is 2. The second kappa shape index (κ2) is 11.5. The number of hydrogen-bond acceptors (Lipinski definition) is 5. The third-order valence-electron chi connectivity index (χ3n) is 5.29. The minimum atomic E-state index is -0.145. The normalized spacial score (nSPS) is 21.3. The molecule has 2 saturated heterocycles. The number of amides is 2. The topological polar surface area (TPSA) is 66.1 Å². The van der Waals surface area contributed by atoms with Gasteiger partial charge in [-0.3, -0.25) is 9.80 Å². The molecule has 0 saturated carbocycles. The molecule has 1 unspecified atom stereocenters. The van der Waals surface area contributed by atoms with Crippen molar-refractivity contribution < 1.29 is 14.3 Å². The van der Waals surface area contributed by atoms with Crippen LogP contribution in [0.3, 0.4) is 0 Å². The van der Waals surface area contributed by atoms with Gasteiger partial charge in [0, 0.05) is 52.4 Å². The maximum atomic E-state index is 12.2. The van der Waals surface area contributed by atoms with Crippen LogP contribution in [-0.4, -0.2) is 81.0 Å². The predicted molar refractivity (Wildman–Crippen MR) is 114 cm³/mol. The molecule has 0 radical (unpaired) electrons. The SMILES string of the molecule is CC(C)CN1CCOC(CNC(=O)NCc2cccc(CN3CCOCC3)c2)C1. The van der Waals surface area contributed by atoms with Gasteiger partial charge in [-0.25, -0.2) is 4.79 Å². The maximum Gasteiger partial charge on any atom is 0.315 e. The first kappa shape index (κ1) is 22.0. The summed E-state index contributed by atoms with van der Waals surface area (Å²) in [5, 5.41) is 5.91. The highest BCUT2D eigenvalue weighted by atomic mass is 16.5. The summed E-state index contributed by atoms with van der Waals surface area (Å²) in [5.74, 6) is 0.643. The van der Waals surface area contributed by atoms with E-state index in [4.69, 9.17) is 9.47 Å². The van der Waals surface area contributed by atoms with Gasteiger partial charge in [-0.2, -0.15) is 0 Å². The Hall–Kier alpha value is -1.67. The fraction of sp³-hybridized carbons (Fsp3) is 0.682. The molecule has 2 aliphatic heterocycles. The van der Waals surface area contributed by atoms with Gasteiger partial charge in [0.15, 0.2) is 0 Å². The van der Waals surface area contributed by atoms with Gasteiger partial charge in [0.25, 0.3) is 0 Å². The summed E-state index contributed by atoms with van der Waals surface area (Å²) >= 11 is 0. The highest BCUT2D eigenvalue weighted by Gasteiger charge is 2.21. The molecule has 1 aromatic carbocycles. The van der Waals surface area contributed by atoms with Crippen molar-refractivity contribution in [2.75, 3.05) is 59.1 Å². The Bertz CT molecular complexity index is 634. The Morgan fingerprint density at radius 1 is 1.10 bits per heavy atom. The van der Waals surface area contributed by atoms with Crippen LogP contribution in [0.1, 0.15) is 25.0 Å². The van der Waals surface area contributed by atoms with Crippen LogP contribution < -0.4 is 10.6 Å². The fourth-order valence-corrected chi connectivity index (χ4v) is 3.89. The van der Waals surface area contributed by atoms with Crippen LogP contribution in [0.5, 0.6) is 0 Å². The molecule has 0 aliphatic carbocycles. The molecule has 2 amide bonds. The van der Waals surface area contributed by atoms with Crippen LogP contribution >= 0.6 is 0 Å². The number of morpholine rings is 2. The van der Waals surface area contributed by atoms with E-state index in [0.29, 0.717) is 19.0 Å². The summed E-state index contributed by atoms with van der Waals surface area (Å²) in [6, 6.07) is 8.28. The molecular formula is C22H36N4O3. The monoisotopic (exact) mass is 404 g/mol. The first-order valence-corrected chi connectivity index (χ1v) is 10.8. The average Bonchev–Trinajstić information content (AvgIpc) is 2.72. The lowest BCUT2D eigenvalue weighted by molar-refractivity contribution is -0.0290. The quantitative estimate of drug-likeness (QED) is 0.690. The number of urea groups is 1. The van der Waals surface area contributed by atoms with Crippen molar-refractivity contribution in [3.05, 3.63) is 35.4 Å². The van der Waals surface area contributed by atoms with Crippen LogP contribution in [0, 0.1) is 5.92 Å². The third kappa shape index (κ3) is 7.93. The van der Waals surface area contributed by atoms with Crippen LogP contribution in [0.2, 0.25) is 0 Å². The summed E-state index contributed by atoms with van der Waals surface area (Å²) in [5.41, 5.74) is 2.38. The minimum Gasteiger partial charge on any atom is -0.379 e. The molecule has 7 heteroatoms. The summed E-state index contributed by atoms with van der Waals surface area (Å²) in [4.78, 5) is 17.0. The number of hydrogen-bond donors (Lipinski definition) is 2. The number of benzene rings is 1. The van der Waals surface area contributed by atoms with E-state index in [1.54, 1.807) is 0 Å². The van der Waals surface area contributed by atoms with Gasteiger partial charge in [-0.1, -0.05) is 38.1 Å². The van der Waals surface area contributed by atoms with Crippen molar-refractivity contribution >= 4 is 6.03 Å². The van der Waals surface area contributed by atoms with Crippen LogP contribution in [0.15, 0.2) is 24.3 Å². The smallest absolute Gasteiger partial charge is 0.315 e. The Kier molecular flexibility index (Phi) is 8.73. The Morgan fingerprint density at radius 3 is 2.66 bits per heavy atom. The molecule has 1 atom stereocenters. The minimum absolute atomic E-state index is 0.0603. The van der Waals surface area contributed by atoms with E-state index >= 15 is 0 Å². The first-order chi connectivity index (χ1) is 14.1. The summed E-state index contributed by atoms with van der Waals surface area (Å²) in [6.45, 7) is 13.7. The third-order valence-corrected chi connectivity index (χ3v) is 5.29. The number of ether oxygens (including phenoxy) is 2. The van der Waals surface area contributed by atoms with E-state index in [-0.39, 0.29) is 12.1 Å². The zero-order chi connectivity index (χ0) is 20.5. The average molecular weight is 405 g/mol. The highest BCUT2D eigenvalue weighted by molar-refractivity contribution is 5.73. The molecular weight excluding hydrogens is 368 g/mol. The maximum absolute atomic E-state index is 12.2. The molecule has 7 nitrogen and oxygen atoms in total. The lowest BCUT2D eigenvalue weighted by atomic mass is 10.1. The lowest BCUT2D eigenvalue weighted by Gasteiger charge is -2.33. The zero-order valence-corrected chi connectivity index (χ0v) is 17.9. The summed E-state index contributed by atoms with van der Waals surface area (Å²) < 4.78 is 11.2. The van der Waals surface area contributed by atoms with E-state index in [1.807, 2.05) is 0 Å². The molecule has 2 aliphatic rings. The standard InChI is InChI=1S/C22H36N4O3/c1-18(2)15-26-8-11-29-21(17-26)14-24-22(27)23-13-19-4-3-5-20(12-19)16-25-6-9-28-10-7-25/h3-5,12,18,21H,6-11,13-17H2,1-2H3,(H2,23,24,27). The first-order valence-electron chi connectivity index (χ1n) is 10.8. The van der Waals surface area contributed by atoms with Crippen molar-refractivity contribution in [3.63, 3.8) is 0 Å². The Morgan fingerprint density at radius 2 is 1.86 bits per heavy atom. The second-order valence-corrected chi connectivity index (χ2v) is 8.42. The molecule has 162 valence electrons. The Balaban J connectivity index is 1.37. The van der Waals surface area contributed by atoms with E-state index in [9.17, 15) is 4.79 Å². The fourth-order valence-electron chi connectivity index (χ4n) is 3.89. The number of nitrogens with one attached hydrogen (secondary N) is 2. The van der Waals surface area contributed by atoms with Gasteiger partial charge >= 0.3 is 6.03 Å². The van der Waals surface area contributed by atoms with Gasteiger partial charge < -0.3 is 20.1 Å². The van der Waals surface area contributed by atoms with E-state index in [1.165, 1.54) is 5.56 Å². The van der Waals surface area contributed by atoms with Gasteiger partial charge in [0.2, 0.25) is 0 Å². The van der Waals surface area contributed by atoms with Gasteiger partial charge in [-0.15, -0.1) is 0 Å².